The van der Waals surface area contributed by atoms with E-state index in [1.807, 2.05) is 4.90 Å². The van der Waals surface area contributed by atoms with Gasteiger partial charge in [0.25, 0.3) is 0 Å². The summed E-state index contributed by atoms with van der Waals surface area (Å²) in [7, 11) is 0. The standard InChI is InChI=1S/C11H22N2O/c1-4-11(3)5-7-13(8-6-11)10(14)9(2)12/h9H,4-8,12H2,1-3H3. The molecule has 0 aromatic heterocycles. The molecule has 82 valence electrons. The van der Waals surface area contributed by atoms with Gasteiger partial charge in [0.2, 0.25) is 5.91 Å². The smallest absolute Gasteiger partial charge is 0.239 e. The zero-order valence-electron chi connectivity index (χ0n) is 9.55. The first kappa shape index (κ1) is 11.5. The first-order chi connectivity index (χ1) is 6.48. The molecule has 1 atom stereocenters. The Kier molecular flexibility index (Phi) is 3.53. The van der Waals surface area contributed by atoms with Gasteiger partial charge in [0, 0.05) is 13.1 Å². The number of rotatable bonds is 2. The van der Waals surface area contributed by atoms with Crippen molar-refractivity contribution in [1.29, 1.82) is 0 Å². The van der Waals surface area contributed by atoms with Crippen molar-refractivity contribution < 1.29 is 4.79 Å². The molecular weight excluding hydrogens is 176 g/mol. The Hall–Kier alpha value is -0.570. The summed E-state index contributed by atoms with van der Waals surface area (Å²) in [5, 5.41) is 0. The maximum absolute atomic E-state index is 11.6. The summed E-state index contributed by atoms with van der Waals surface area (Å²) in [6.45, 7) is 8.05. The third-order valence-corrected chi connectivity index (χ3v) is 3.53. The molecule has 0 aromatic rings. The van der Waals surface area contributed by atoms with Crippen molar-refractivity contribution in [2.75, 3.05) is 13.1 Å². The summed E-state index contributed by atoms with van der Waals surface area (Å²) < 4.78 is 0. The van der Waals surface area contributed by atoms with E-state index in [-0.39, 0.29) is 11.9 Å². The SMILES string of the molecule is CCC1(C)CCN(C(=O)C(C)N)CC1. The monoisotopic (exact) mass is 198 g/mol. The summed E-state index contributed by atoms with van der Waals surface area (Å²) in [4.78, 5) is 13.5. The lowest BCUT2D eigenvalue weighted by molar-refractivity contribution is -0.134. The van der Waals surface area contributed by atoms with Gasteiger partial charge in [0.1, 0.15) is 0 Å². The van der Waals surface area contributed by atoms with Crippen LogP contribution in [0, 0.1) is 5.41 Å². The van der Waals surface area contributed by atoms with Gasteiger partial charge in [-0.3, -0.25) is 4.79 Å². The minimum absolute atomic E-state index is 0.100. The van der Waals surface area contributed by atoms with E-state index in [2.05, 4.69) is 13.8 Å². The topological polar surface area (TPSA) is 46.3 Å². The fourth-order valence-electron chi connectivity index (χ4n) is 1.91. The minimum atomic E-state index is -0.346. The van der Waals surface area contributed by atoms with Crippen LogP contribution in [-0.2, 0) is 4.79 Å². The van der Waals surface area contributed by atoms with Gasteiger partial charge in [-0.05, 0) is 25.2 Å². The lowest BCUT2D eigenvalue weighted by Gasteiger charge is -2.39. The summed E-state index contributed by atoms with van der Waals surface area (Å²) in [5.41, 5.74) is 6.01. The van der Waals surface area contributed by atoms with Gasteiger partial charge in [0.05, 0.1) is 6.04 Å². The first-order valence-corrected chi connectivity index (χ1v) is 5.53. The zero-order valence-corrected chi connectivity index (χ0v) is 9.55. The summed E-state index contributed by atoms with van der Waals surface area (Å²) in [5.74, 6) is 0.100. The third-order valence-electron chi connectivity index (χ3n) is 3.53. The molecule has 0 bridgehead atoms. The molecule has 0 spiro atoms. The van der Waals surface area contributed by atoms with Crippen LogP contribution in [0.15, 0.2) is 0 Å². The van der Waals surface area contributed by atoms with Crippen LogP contribution in [0.2, 0.25) is 0 Å². The molecule has 2 N–H and O–H groups in total. The average Bonchev–Trinajstić information content (AvgIpc) is 2.18. The van der Waals surface area contributed by atoms with Crippen molar-refractivity contribution in [3.05, 3.63) is 0 Å². The Balaban J connectivity index is 2.47. The average molecular weight is 198 g/mol. The van der Waals surface area contributed by atoms with E-state index in [9.17, 15) is 4.79 Å². The fourth-order valence-corrected chi connectivity index (χ4v) is 1.91. The van der Waals surface area contributed by atoms with Crippen molar-refractivity contribution in [2.24, 2.45) is 11.1 Å². The quantitative estimate of drug-likeness (QED) is 0.728. The zero-order chi connectivity index (χ0) is 10.8. The molecule has 1 rings (SSSR count). The second-order valence-corrected chi connectivity index (χ2v) is 4.78. The second kappa shape index (κ2) is 4.30. The number of hydrogen-bond acceptors (Lipinski definition) is 2. The van der Waals surface area contributed by atoms with E-state index in [0.29, 0.717) is 5.41 Å². The predicted molar refractivity (Wildman–Crippen MR) is 57.9 cm³/mol. The largest absolute Gasteiger partial charge is 0.341 e. The first-order valence-electron chi connectivity index (χ1n) is 5.53. The highest BCUT2D eigenvalue weighted by Gasteiger charge is 2.30. The van der Waals surface area contributed by atoms with Gasteiger partial charge >= 0.3 is 0 Å². The van der Waals surface area contributed by atoms with Gasteiger partial charge in [-0.1, -0.05) is 20.3 Å². The molecule has 3 heteroatoms. The van der Waals surface area contributed by atoms with E-state index in [1.54, 1.807) is 6.92 Å². The van der Waals surface area contributed by atoms with E-state index in [4.69, 9.17) is 5.73 Å². The van der Waals surface area contributed by atoms with Gasteiger partial charge in [0.15, 0.2) is 0 Å². The van der Waals surface area contributed by atoms with Crippen molar-refractivity contribution in [3.63, 3.8) is 0 Å². The Morgan fingerprint density at radius 1 is 1.50 bits per heavy atom. The third kappa shape index (κ3) is 2.47. The molecule has 1 saturated heterocycles. The number of carbonyl (C=O) groups is 1. The van der Waals surface area contributed by atoms with E-state index < -0.39 is 0 Å². The highest BCUT2D eigenvalue weighted by Crippen LogP contribution is 2.33. The predicted octanol–water partition coefficient (Wildman–Crippen LogP) is 1.37. The van der Waals surface area contributed by atoms with Crippen LogP contribution < -0.4 is 5.73 Å². The molecule has 3 nitrogen and oxygen atoms in total. The van der Waals surface area contributed by atoms with Gasteiger partial charge in [-0.2, -0.15) is 0 Å². The number of hydrogen-bond donors (Lipinski definition) is 1. The lowest BCUT2D eigenvalue weighted by atomic mass is 9.78. The van der Waals surface area contributed by atoms with Crippen molar-refractivity contribution >= 4 is 5.91 Å². The van der Waals surface area contributed by atoms with Crippen LogP contribution in [-0.4, -0.2) is 29.9 Å². The molecule has 0 radical (unpaired) electrons. The molecule has 1 aliphatic heterocycles. The van der Waals surface area contributed by atoms with Crippen LogP contribution >= 0.6 is 0 Å². The van der Waals surface area contributed by atoms with Crippen molar-refractivity contribution in [3.8, 4) is 0 Å². The van der Waals surface area contributed by atoms with Crippen molar-refractivity contribution in [2.45, 2.75) is 46.1 Å². The van der Waals surface area contributed by atoms with Crippen LogP contribution in [0.5, 0.6) is 0 Å². The molecule has 1 fully saturated rings. The van der Waals surface area contributed by atoms with Crippen LogP contribution in [0.3, 0.4) is 0 Å². The molecule has 14 heavy (non-hydrogen) atoms. The van der Waals surface area contributed by atoms with Crippen LogP contribution in [0.1, 0.15) is 40.0 Å². The molecular formula is C11H22N2O. The number of nitrogens with zero attached hydrogens (tertiary/aromatic N) is 1. The van der Waals surface area contributed by atoms with Crippen LogP contribution in [0.25, 0.3) is 0 Å². The highest BCUT2D eigenvalue weighted by molar-refractivity contribution is 5.81. The van der Waals surface area contributed by atoms with Crippen LogP contribution in [0.4, 0.5) is 0 Å². The van der Waals surface area contributed by atoms with Gasteiger partial charge < -0.3 is 10.6 Å². The van der Waals surface area contributed by atoms with Crippen molar-refractivity contribution in [1.82, 2.24) is 4.90 Å². The summed E-state index contributed by atoms with van der Waals surface area (Å²) in [6.07, 6.45) is 3.43. The maximum atomic E-state index is 11.6. The number of amides is 1. The normalized spacial score (nSPS) is 23.3. The number of piperidine rings is 1. The number of carbonyl (C=O) groups excluding carboxylic acids is 1. The Bertz CT molecular complexity index is 205. The Labute approximate surface area is 86.6 Å². The van der Waals surface area contributed by atoms with Gasteiger partial charge in [-0.25, -0.2) is 0 Å². The van der Waals surface area contributed by atoms with E-state index >= 15 is 0 Å². The maximum Gasteiger partial charge on any atom is 0.239 e. The number of likely N-dealkylation sites (tertiary alicyclic amines) is 1. The molecule has 0 saturated carbocycles. The van der Waals surface area contributed by atoms with E-state index in [1.165, 1.54) is 6.42 Å². The fraction of sp³-hybridized carbons (Fsp3) is 0.909. The molecule has 1 aliphatic rings. The molecule has 0 aromatic carbocycles. The minimum Gasteiger partial charge on any atom is -0.341 e. The van der Waals surface area contributed by atoms with E-state index in [0.717, 1.165) is 25.9 Å². The Morgan fingerprint density at radius 3 is 2.36 bits per heavy atom. The molecule has 1 heterocycles. The molecule has 1 amide bonds. The molecule has 0 aliphatic carbocycles. The number of nitrogens with two attached hydrogens (primary N) is 1. The lowest BCUT2D eigenvalue weighted by Crippen LogP contribution is -2.47. The Morgan fingerprint density at radius 2 is 2.00 bits per heavy atom. The summed E-state index contributed by atoms with van der Waals surface area (Å²) >= 11 is 0. The van der Waals surface area contributed by atoms with Gasteiger partial charge in [-0.15, -0.1) is 0 Å². The second-order valence-electron chi connectivity index (χ2n) is 4.78. The highest BCUT2D eigenvalue weighted by atomic mass is 16.2. The summed E-state index contributed by atoms with van der Waals surface area (Å²) in [6, 6.07) is -0.346. The molecule has 1 unspecified atom stereocenters.